The van der Waals surface area contributed by atoms with Crippen molar-refractivity contribution in [2.45, 2.75) is 41.5 Å². The number of anilines is 2. The molecule has 2 heterocycles. The minimum absolute atomic E-state index is 0.262. The number of rotatable bonds is 4. The summed E-state index contributed by atoms with van der Waals surface area (Å²) in [6.45, 7) is 11.5. The molecule has 0 atom stereocenters. The lowest BCUT2D eigenvalue weighted by Crippen LogP contribution is -2.41. The molecule has 256 valence electrons. The fraction of sp³-hybridized carbons (Fsp3) is 0.140. The van der Waals surface area contributed by atoms with Crippen LogP contribution in [0.4, 0.5) is 11.4 Å². The summed E-state index contributed by atoms with van der Waals surface area (Å²) in [6, 6.07) is 21.0. The van der Waals surface area contributed by atoms with Gasteiger partial charge in [0.25, 0.3) is 23.6 Å². The number of halogens is 2. The van der Waals surface area contributed by atoms with Crippen molar-refractivity contribution < 1.29 is 24.0 Å². The fourth-order valence-electron chi connectivity index (χ4n) is 8.27. The topological polar surface area (TPSA) is 91.8 Å². The van der Waals surface area contributed by atoms with E-state index in [0.717, 1.165) is 33.4 Å². The quantitative estimate of drug-likeness (QED) is 0.131. The van der Waals surface area contributed by atoms with Gasteiger partial charge in [0, 0.05) is 63.9 Å². The predicted octanol–water partition coefficient (Wildman–Crippen LogP) is 10.2. The SMILES string of the molecule is Cc1cc(C)c(N2C(=O)c3ccc(Br)c4c(C(=O)c5ccc6c7c(ccc(Br)c57)C(=O)N(c5c(C)cc(C)cc5C)C6=O)ccc(c34)C2=O)c(C)c1. The standard InChI is InChI=1S/C43H30Br2N2O5/c1-19-15-21(3)37(22(4)16-19)46-40(49)27-9-7-25(35-31(44)13-11-29(33(27)35)42(46)51)39(48)26-8-10-28-34-30(12-14-32(45)36(26)34)43(52)47(41(28)50)38-23(5)17-20(2)18-24(38)6/h7-18H,1-6H3. The van der Waals surface area contributed by atoms with Gasteiger partial charge >= 0.3 is 0 Å². The van der Waals surface area contributed by atoms with E-state index in [4.69, 9.17) is 0 Å². The number of ketones is 1. The number of benzene rings is 6. The minimum atomic E-state index is -0.473. The Kier molecular flexibility index (Phi) is 7.75. The predicted molar refractivity (Wildman–Crippen MR) is 210 cm³/mol. The second-order valence-electron chi connectivity index (χ2n) is 13.7. The summed E-state index contributed by atoms with van der Waals surface area (Å²) in [5, 5.41) is 1.64. The van der Waals surface area contributed by atoms with E-state index in [-0.39, 0.29) is 11.1 Å². The van der Waals surface area contributed by atoms with Crippen molar-refractivity contribution >= 4 is 94.2 Å². The lowest BCUT2D eigenvalue weighted by molar-refractivity contribution is 0.0877. The van der Waals surface area contributed by atoms with Crippen LogP contribution in [0.3, 0.4) is 0 Å². The molecule has 0 radical (unpaired) electrons. The van der Waals surface area contributed by atoms with Crippen LogP contribution in [0.2, 0.25) is 0 Å². The van der Waals surface area contributed by atoms with E-state index in [1.807, 2.05) is 65.8 Å². The summed E-state index contributed by atoms with van der Waals surface area (Å²) in [4.78, 5) is 74.0. The van der Waals surface area contributed by atoms with Crippen molar-refractivity contribution in [3.63, 3.8) is 0 Å². The van der Waals surface area contributed by atoms with Gasteiger partial charge in [-0.25, -0.2) is 9.80 Å². The summed E-state index contributed by atoms with van der Waals surface area (Å²) >= 11 is 7.23. The Morgan fingerprint density at radius 2 is 0.731 bits per heavy atom. The molecular formula is C43H30Br2N2O5. The molecule has 9 heteroatoms. The summed E-state index contributed by atoms with van der Waals surface area (Å²) in [6.07, 6.45) is 0. The molecule has 0 spiro atoms. The number of nitrogens with zero attached hydrogens (tertiary/aromatic N) is 2. The van der Waals surface area contributed by atoms with E-state index in [9.17, 15) is 24.0 Å². The summed E-state index contributed by atoms with van der Waals surface area (Å²) in [7, 11) is 0. The number of aryl methyl sites for hydroxylation is 6. The van der Waals surface area contributed by atoms with Gasteiger partial charge in [0.1, 0.15) is 0 Å². The zero-order valence-corrected chi connectivity index (χ0v) is 32.3. The van der Waals surface area contributed by atoms with Gasteiger partial charge in [-0.2, -0.15) is 0 Å². The highest BCUT2D eigenvalue weighted by molar-refractivity contribution is 9.11. The number of carbonyl (C=O) groups excluding carboxylic acids is 5. The first-order valence-electron chi connectivity index (χ1n) is 16.7. The smallest absolute Gasteiger partial charge is 0.266 e. The molecule has 4 amide bonds. The van der Waals surface area contributed by atoms with Crippen LogP contribution in [0.15, 0.2) is 81.7 Å². The van der Waals surface area contributed by atoms with Crippen LogP contribution in [-0.4, -0.2) is 29.4 Å². The molecule has 7 nitrogen and oxygen atoms in total. The maximum Gasteiger partial charge on any atom is 0.266 e. The average Bonchev–Trinajstić information content (AvgIpc) is 3.08. The van der Waals surface area contributed by atoms with Crippen molar-refractivity contribution in [1.82, 2.24) is 0 Å². The van der Waals surface area contributed by atoms with E-state index in [0.29, 0.717) is 64.1 Å². The van der Waals surface area contributed by atoms with Gasteiger partial charge in [-0.05, 0) is 112 Å². The fourth-order valence-corrected chi connectivity index (χ4v) is 9.35. The molecule has 0 fully saturated rings. The highest BCUT2D eigenvalue weighted by Gasteiger charge is 2.39. The second kappa shape index (κ2) is 11.9. The number of amides is 4. The molecule has 2 aliphatic rings. The average molecular weight is 815 g/mol. The van der Waals surface area contributed by atoms with Gasteiger partial charge in [0.2, 0.25) is 0 Å². The normalized spacial score (nSPS) is 13.9. The van der Waals surface area contributed by atoms with Crippen LogP contribution >= 0.6 is 31.9 Å². The Hall–Kier alpha value is -5.25. The van der Waals surface area contributed by atoms with Crippen LogP contribution in [0, 0.1) is 41.5 Å². The van der Waals surface area contributed by atoms with Crippen LogP contribution < -0.4 is 9.80 Å². The second-order valence-corrected chi connectivity index (χ2v) is 15.4. The third-order valence-corrected chi connectivity index (χ3v) is 11.5. The molecule has 0 saturated carbocycles. The largest absolute Gasteiger partial charge is 0.289 e. The summed E-state index contributed by atoms with van der Waals surface area (Å²) in [5.41, 5.74) is 8.11. The third kappa shape index (κ3) is 4.72. The van der Waals surface area contributed by atoms with Gasteiger partial charge in [-0.1, -0.05) is 67.3 Å². The molecule has 0 bridgehead atoms. The number of carbonyl (C=O) groups is 5. The van der Waals surface area contributed by atoms with Gasteiger partial charge in [0.05, 0.1) is 11.4 Å². The van der Waals surface area contributed by atoms with Crippen molar-refractivity contribution in [1.29, 1.82) is 0 Å². The summed E-state index contributed by atoms with van der Waals surface area (Å²) in [5.74, 6) is -2.28. The van der Waals surface area contributed by atoms with Gasteiger partial charge in [0.15, 0.2) is 5.78 Å². The van der Waals surface area contributed by atoms with Gasteiger partial charge < -0.3 is 0 Å². The number of imide groups is 2. The van der Waals surface area contributed by atoms with Crippen molar-refractivity contribution in [3.05, 3.63) is 149 Å². The molecule has 2 aliphatic heterocycles. The molecule has 0 unspecified atom stereocenters. The molecule has 0 N–H and O–H groups in total. The van der Waals surface area contributed by atoms with Crippen LogP contribution in [0.1, 0.15) is 90.7 Å². The Balaban J connectivity index is 1.30. The molecule has 0 aromatic heterocycles. The van der Waals surface area contributed by atoms with Gasteiger partial charge in [-0.15, -0.1) is 0 Å². The Labute approximate surface area is 316 Å². The third-order valence-electron chi connectivity index (χ3n) is 10.2. The Morgan fingerprint density at radius 1 is 0.442 bits per heavy atom. The molecule has 52 heavy (non-hydrogen) atoms. The van der Waals surface area contributed by atoms with Crippen molar-refractivity contribution in [2.75, 3.05) is 9.80 Å². The zero-order chi connectivity index (χ0) is 37.1. The maximum atomic E-state index is 14.8. The summed E-state index contributed by atoms with van der Waals surface area (Å²) < 4.78 is 1.08. The molecule has 8 rings (SSSR count). The maximum absolute atomic E-state index is 14.8. The lowest BCUT2D eigenvalue weighted by Gasteiger charge is -2.31. The van der Waals surface area contributed by atoms with Crippen LogP contribution in [0.5, 0.6) is 0 Å². The molecule has 0 aliphatic carbocycles. The lowest BCUT2D eigenvalue weighted by atomic mass is 9.85. The first-order valence-corrected chi connectivity index (χ1v) is 18.3. The Bertz CT molecular complexity index is 2450. The van der Waals surface area contributed by atoms with Crippen molar-refractivity contribution in [3.8, 4) is 0 Å². The molecular weight excluding hydrogens is 784 g/mol. The highest BCUT2D eigenvalue weighted by Crippen LogP contribution is 2.43. The molecule has 6 aromatic carbocycles. The van der Waals surface area contributed by atoms with Crippen LogP contribution in [-0.2, 0) is 0 Å². The Morgan fingerprint density at radius 3 is 1.04 bits per heavy atom. The monoisotopic (exact) mass is 812 g/mol. The number of hydrogen-bond acceptors (Lipinski definition) is 5. The highest BCUT2D eigenvalue weighted by atomic mass is 79.9. The van der Waals surface area contributed by atoms with Gasteiger partial charge in [-0.3, -0.25) is 24.0 Å². The first kappa shape index (κ1) is 33.9. The zero-order valence-electron chi connectivity index (χ0n) is 29.1. The van der Waals surface area contributed by atoms with Crippen molar-refractivity contribution in [2.24, 2.45) is 0 Å². The molecule has 6 aromatic rings. The van der Waals surface area contributed by atoms with Crippen LogP contribution in [0.25, 0.3) is 21.5 Å². The van der Waals surface area contributed by atoms with E-state index < -0.39 is 29.4 Å². The molecule has 0 saturated heterocycles. The first-order chi connectivity index (χ1) is 24.7. The minimum Gasteiger partial charge on any atom is -0.289 e. The number of hydrogen-bond donors (Lipinski definition) is 0. The van der Waals surface area contributed by atoms with E-state index in [2.05, 4.69) is 31.9 Å². The van der Waals surface area contributed by atoms with E-state index in [1.54, 1.807) is 48.5 Å². The van der Waals surface area contributed by atoms with E-state index >= 15 is 0 Å². The van der Waals surface area contributed by atoms with E-state index in [1.165, 1.54) is 9.80 Å².